The number of amides is 1. The summed E-state index contributed by atoms with van der Waals surface area (Å²) in [5.74, 6) is 0.500. The highest BCUT2D eigenvalue weighted by molar-refractivity contribution is 5.72. The lowest BCUT2D eigenvalue weighted by Gasteiger charge is -2.32. The number of benzene rings is 1. The number of hydrogen-bond donors (Lipinski definition) is 2. The van der Waals surface area contributed by atoms with E-state index in [1.165, 1.54) is 12.8 Å². The molecule has 0 aliphatic heterocycles. The Bertz CT molecular complexity index is 565. The van der Waals surface area contributed by atoms with E-state index in [-0.39, 0.29) is 13.2 Å². The summed E-state index contributed by atoms with van der Waals surface area (Å²) in [7, 11) is 0. The number of rotatable bonds is 8. The predicted molar refractivity (Wildman–Crippen MR) is 101 cm³/mol. The first kappa shape index (κ1) is 20.3. The van der Waals surface area contributed by atoms with Gasteiger partial charge in [-0.1, -0.05) is 57.0 Å². The maximum atomic E-state index is 11.8. The van der Waals surface area contributed by atoms with Crippen LogP contribution in [0, 0.1) is 23.7 Å². The van der Waals surface area contributed by atoms with Gasteiger partial charge in [-0.2, -0.15) is 0 Å². The van der Waals surface area contributed by atoms with Gasteiger partial charge < -0.3 is 15.2 Å². The van der Waals surface area contributed by atoms with Crippen molar-refractivity contribution in [2.45, 2.75) is 52.6 Å². The van der Waals surface area contributed by atoms with E-state index >= 15 is 0 Å². The maximum absolute atomic E-state index is 11.8. The molecule has 0 saturated heterocycles. The fourth-order valence-electron chi connectivity index (χ4n) is 3.75. The Labute approximate surface area is 156 Å². The van der Waals surface area contributed by atoms with E-state index in [1.54, 1.807) is 0 Å². The molecule has 5 nitrogen and oxygen atoms in total. The van der Waals surface area contributed by atoms with Crippen LogP contribution >= 0.6 is 0 Å². The van der Waals surface area contributed by atoms with Gasteiger partial charge in [0.05, 0.1) is 5.92 Å². The number of carbonyl (C=O) groups is 2. The van der Waals surface area contributed by atoms with Gasteiger partial charge in [0.25, 0.3) is 0 Å². The molecule has 2 rings (SSSR count). The molecule has 5 heteroatoms. The van der Waals surface area contributed by atoms with Crippen LogP contribution in [-0.2, 0) is 16.1 Å². The fourth-order valence-corrected chi connectivity index (χ4v) is 3.75. The monoisotopic (exact) mass is 361 g/mol. The third-order valence-electron chi connectivity index (χ3n) is 5.51. The summed E-state index contributed by atoms with van der Waals surface area (Å²) >= 11 is 0. The number of hydrogen-bond acceptors (Lipinski definition) is 3. The summed E-state index contributed by atoms with van der Waals surface area (Å²) in [6, 6.07) is 9.41. The minimum atomic E-state index is -0.848. The average Bonchev–Trinajstić information content (AvgIpc) is 2.64. The molecule has 1 amide bonds. The fraction of sp³-hybridized carbons (Fsp3) is 0.619. The second-order valence-corrected chi connectivity index (χ2v) is 7.74. The second kappa shape index (κ2) is 10.2. The minimum absolute atomic E-state index is 0.118. The zero-order valence-corrected chi connectivity index (χ0v) is 15.8. The lowest BCUT2D eigenvalue weighted by Crippen LogP contribution is -2.35. The lowest BCUT2D eigenvalue weighted by atomic mass is 9.74. The summed E-state index contributed by atoms with van der Waals surface area (Å²) in [6.45, 7) is 4.82. The van der Waals surface area contributed by atoms with Crippen molar-refractivity contribution >= 4 is 12.1 Å². The molecule has 1 aliphatic rings. The lowest BCUT2D eigenvalue weighted by molar-refractivity contribution is -0.142. The van der Waals surface area contributed by atoms with Crippen molar-refractivity contribution in [2.75, 3.05) is 6.54 Å². The van der Waals surface area contributed by atoms with E-state index < -0.39 is 18.0 Å². The zero-order chi connectivity index (χ0) is 18.9. The Morgan fingerprint density at radius 3 is 2.38 bits per heavy atom. The van der Waals surface area contributed by atoms with Crippen LogP contribution in [0.5, 0.6) is 0 Å². The van der Waals surface area contributed by atoms with Crippen molar-refractivity contribution in [3.05, 3.63) is 35.9 Å². The van der Waals surface area contributed by atoms with Crippen LogP contribution in [-0.4, -0.2) is 23.7 Å². The molecule has 26 heavy (non-hydrogen) atoms. The van der Waals surface area contributed by atoms with E-state index in [1.807, 2.05) is 30.3 Å². The SMILES string of the molecule is CC(C)C1CCC(CC(CNC(=O)OCc2ccccc2)C(=O)O)CC1. The molecule has 0 spiro atoms. The molecule has 0 bridgehead atoms. The van der Waals surface area contributed by atoms with Crippen LogP contribution in [0.2, 0.25) is 0 Å². The van der Waals surface area contributed by atoms with Crippen LogP contribution < -0.4 is 5.32 Å². The van der Waals surface area contributed by atoms with Gasteiger partial charge in [0, 0.05) is 6.54 Å². The van der Waals surface area contributed by atoms with E-state index in [4.69, 9.17) is 4.74 Å². The molecule has 1 fully saturated rings. The zero-order valence-electron chi connectivity index (χ0n) is 15.8. The molecule has 2 N–H and O–H groups in total. The highest BCUT2D eigenvalue weighted by Gasteiger charge is 2.28. The van der Waals surface area contributed by atoms with E-state index in [9.17, 15) is 14.7 Å². The van der Waals surface area contributed by atoms with Gasteiger partial charge in [-0.25, -0.2) is 4.79 Å². The minimum Gasteiger partial charge on any atom is -0.481 e. The van der Waals surface area contributed by atoms with Gasteiger partial charge in [0.15, 0.2) is 0 Å². The molecule has 0 aromatic heterocycles. The Morgan fingerprint density at radius 1 is 1.15 bits per heavy atom. The van der Waals surface area contributed by atoms with Gasteiger partial charge in [-0.3, -0.25) is 4.79 Å². The van der Waals surface area contributed by atoms with Crippen molar-refractivity contribution in [3.8, 4) is 0 Å². The topological polar surface area (TPSA) is 75.6 Å². The number of nitrogens with one attached hydrogen (secondary N) is 1. The number of carboxylic acids is 1. The Balaban J connectivity index is 1.72. The third-order valence-corrected chi connectivity index (χ3v) is 5.51. The van der Waals surface area contributed by atoms with E-state index in [2.05, 4.69) is 19.2 Å². The Hall–Kier alpha value is -2.04. The maximum Gasteiger partial charge on any atom is 0.407 e. The molecular formula is C21H31NO4. The molecule has 1 aromatic carbocycles. The molecule has 1 unspecified atom stereocenters. The largest absolute Gasteiger partial charge is 0.481 e. The molecule has 1 aliphatic carbocycles. The van der Waals surface area contributed by atoms with Gasteiger partial charge in [-0.05, 0) is 42.6 Å². The Kier molecular flexibility index (Phi) is 7.95. The standard InChI is InChI=1S/C21H31NO4/c1-15(2)18-10-8-16(9-11-18)12-19(20(23)24)13-22-21(25)26-14-17-6-4-3-5-7-17/h3-7,15-16,18-19H,8-14H2,1-2H3,(H,22,25)(H,23,24). The summed E-state index contributed by atoms with van der Waals surface area (Å²) in [4.78, 5) is 23.4. The molecule has 144 valence electrons. The average molecular weight is 361 g/mol. The highest BCUT2D eigenvalue weighted by Crippen LogP contribution is 2.36. The molecule has 1 saturated carbocycles. The van der Waals surface area contributed by atoms with E-state index in [0.29, 0.717) is 18.3 Å². The normalized spacial score (nSPS) is 21.2. The van der Waals surface area contributed by atoms with Crippen molar-refractivity contribution in [3.63, 3.8) is 0 Å². The number of carboxylic acid groups (broad SMARTS) is 1. The molecule has 1 atom stereocenters. The van der Waals surface area contributed by atoms with Gasteiger partial charge in [0.2, 0.25) is 0 Å². The molecule has 0 radical (unpaired) electrons. The third kappa shape index (κ3) is 6.70. The number of carbonyl (C=O) groups excluding carboxylic acids is 1. The van der Waals surface area contributed by atoms with Gasteiger partial charge in [0.1, 0.15) is 6.61 Å². The van der Waals surface area contributed by atoms with Crippen molar-refractivity contribution in [2.24, 2.45) is 23.7 Å². The molecular weight excluding hydrogens is 330 g/mol. The molecule has 1 aromatic rings. The molecule has 0 heterocycles. The van der Waals surface area contributed by atoms with Crippen LogP contribution in [0.3, 0.4) is 0 Å². The quantitative estimate of drug-likeness (QED) is 0.716. The highest BCUT2D eigenvalue weighted by atomic mass is 16.5. The van der Waals surface area contributed by atoms with Crippen molar-refractivity contribution in [1.29, 1.82) is 0 Å². The number of aliphatic carboxylic acids is 1. The first-order chi connectivity index (χ1) is 12.5. The van der Waals surface area contributed by atoms with Crippen LogP contribution in [0.1, 0.15) is 51.5 Å². The van der Waals surface area contributed by atoms with Gasteiger partial charge >= 0.3 is 12.1 Å². The number of ether oxygens (including phenoxy) is 1. The Morgan fingerprint density at radius 2 is 1.81 bits per heavy atom. The predicted octanol–water partition coefficient (Wildman–Crippen LogP) is 4.47. The van der Waals surface area contributed by atoms with Crippen LogP contribution in [0.4, 0.5) is 4.79 Å². The van der Waals surface area contributed by atoms with Crippen molar-refractivity contribution < 1.29 is 19.4 Å². The van der Waals surface area contributed by atoms with E-state index in [0.717, 1.165) is 24.3 Å². The summed E-state index contributed by atoms with van der Waals surface area (Å²) < 4.78 is 5.15. The van der Waals surface area contributed by atoms with Gasteiger partial charge in [-0.15, -0.1) is 0 Å². The van der Waals surface area contributed by atoms with Crippen molar-refractivity contribution in [1.82, 2.24) is 5.32 Å². The second-order valence-electron chi connectivity index (χ2n) is 7.74. The summed E-state index contributed by atoms with van der Waals surface area (Å²) in [6.07, 6.45) is 4.60. The first-order valence-corrected chi connectivity index (χ1v) is 9.63. The number of alkyl carbamates (subject to hydrolysis) is 1. The van der Waals surface area contributed by atoms with Crippen LogP contribution in [0.25, 0.3) is 0 Å². The smallest absolute Gasteiger partial charge is 0.407 e. The first-order valence-electron chi connectivity index (χ1n) is 9.63. The summed E-state index contributed by atoms with van der Waals surface area (Å²) in [5.41, 5.74) is 0.902. The summed E-state index contributed by atoms with van der Waals surface area (Å²) in [5, 5.41) is 12.1. The van der Waals surface area contributed by atoms with Crippen LogP contribution in [0.15, 0.2) is 30.3 Å².